The third-order valence-corrected chi connectivity index (χ3v) is 2.76. The van der Waals surface area contributed by atoms with Gasteiger partial charge in [0.05, 0.1) is 23.9 Å². The molecule has 3 N–H and O–H groups in total. The summed E-state index contributed by atoms with van der Waals surface area (Å²) in [6, 6.07) is 5.36. The van der Waals surface area contributed by atoms with Gasteiger partial charge < -0.3 is 15.7 Å². The molecule has 1 amide bonds. The van der Waals surface area contributed by atoms with Crippen LogP contribution in [0, 0.1) is 0 Å². The summed E-state index contributed by atoms with van der Waals surface area (Å²) in [6.45, 7) is 3.98. The average Bonchev–Trinajstić information content (AvgIpc) is 2.25. The van der Waals surface area contributed by atoms with Crippen LogP contribution in [0.25, 0.3) is 0 Å². The van der Waals surface area contributed by atoms with E-state index in [4.69, 9.17) is 22.4 Å². The molecular weight excluding hydrogens is 240 g/mol. The SMILES string of the molecule is CC(C)N(CC(N)=O)c1ccc(CO)cc1Cl. The quantitative estimate of drug-likeness (QED) is 0.840. The number of amides is 1. The number of carbonyl (C=O) groups excluding carboxylic acids is 1. The van der Waals surface area contributed by atoms with Crippen molar-refractivity contribution >= 4 is 23.2 Å². The lowest BCUT2D eigenvalue weighted by Crippen LogP contribution is -2.38. The Labute approximate surface area is 106 Å². The number of aliphatic hydroxyl groups is 1. The molecule has 94 valence electrons. The lowest BCUT2D eigenvalue weighted by Gasteiger charge is -2.28. The fraction of sp³-hybridized carbons (Fsp3) is 0.417. The van der Waals surface area contributed by atoms with E-state index in [1.54, 1.807) is 18.2 Å². The zero-order valence-corrected chi connectivity index (χ0v) is 10.7. The Bertz CT molecular complexity index is 407. The molecule has 0 unspecified atom stereocenters. The number of carbonyl (C=O) groups is 1. The molecule has 0 saturated carbocycles. The van der Waals surface area contributed by atoms with Crippen LogP contribution in [0.4, 0.5) is 5.69 Å². The second kappa shape index (κ2) is 5.89. The van der Waals surface area contributed by atoms with Crippen molar-refractivity contribution in [3.05, 3.63) is 28.8 Å². The van der Waals surface area contributed by atoms with Crippen LogP contribution in [0.2, 0.25) is 5.02 Å². The van der Waals surface area contributed by atoms with E-state index >= 15 is 0 Å². The van der Waals surface area contributed by atoms with E-state index in [9.17, 15) is 4.79 Å². The molecule has 17 heavy (non-hydrogen) atoms. The van der Waals surface area contributed by atoms with Gasteiger partial charge in [0.1, 0.15) is 0 Å². The predicted octanol–water partition coefficient (Wildman–Crippen LogP) is 1.53. The molecule has 4 nitrogen and oxygen atoms in total. The highest BCUT2D eigenvalue weighted by molar-refractivity contribution is 6.33. The molecule has 1 rings (SSSR count). The molecule has 0 bridgehead atoms. The Morgan fingerprint density at radius 3 is 2.59 bits per heavy atom. The highest BCUT2D eigenvalue weighted by Gasteiger charge is 2.16. The average molecular weight is 257 g/mol. The fourth-order valence-electron chi connectivity index (χ4n) is 1.60. The maximum absolute atomic E-state index is 11.0. The summed E-state index contributed by atoms with van der Waals surface area (Å²) in [7, 11) is 0. The Morgan fingerprint density at radius 1 is 1.53 bits per heavy atom. The standard InChI is InChI=1S/C12H17ClN2O2/c1-8(2)15(6-12(14)17)11-4-3-9(7-16)5-10(11)13/h3-5,8,16H,6-7H2,1-2H3,(H2,14,17). The number of halogens is 1. The molecule has 0 atom stereocenters. The number of primary amides is 1. The Kier molecular flexibility index (Phi) is 4.78. The minimum Gasteiger partial charge on any atom is -0.392 e. The lowest BCUT2D eigenvalue weighted by molar-refractivity contribution is -0.116. The summed E-state index contributed by atoms with van der Waals surface area (Å²) in [5.74, 6) is -0.402. The van der Waals surface area contributed by atoms with E-state index in [2.05, 4.69) is 0 Å². The summed E-state index contributed by atoms with van der Waals surface area (Å²) >= 11 is 6.13. The van der Waals surface area contributed by atoms with Crippen LogP contribution in [0.15, 0.2) is 18.2 Å². The van der Waals surface area contributed by atoms with Gasteiger partial charge >= 0.3 is 0 Å². The molecule has 0 aromatic heterocycles. The van der Waals surface area contributed by atoms with Gasteiger partial charge in [-0.1, -0.05) is 17.7 Å². The van der Waals surface area contributed by atoms with Crippen LogP contribution in [-0.4, -0.2) is 23.6 Å². The van der Waals surface area contributed by atoms with Crippen molar-refractivity contribution in [2.24, 2.45) is 5.73 Å². The molecule has 0 heterocycles. The zero-order chi connectivity index (χ0) is 13.0. The van der Waals surface area contributed by atoms with Crippen LogP contribution in [0.5, 0.6) is 0 Å². The number of aliphatic hydroxyl groups excluding tert-OH is 1. The first-order valence-electron chi connectivity index (χ1n) is 5.40. The van der Waals surface area contributed by atoms with Crippen LogP contribution < -0.4 is 10.6 Å². The second-order valence-corrected chi connectivity index (χ2v) is 4.54. The van der Waals surface area contributed by atoms with Crippen molar-refractivity contribution in [2.45, 2.75) is 26.5 Å². The normalized spacial score (nSPS) is 10.6. The third kappa shape index (κ3) is 3.61. The molecule has 0 aliphatic carbocycles. The number of anilines is 1. The Balaban J connectivity index is 3.06. The molecule has 0 radical (unpaired) electrons. The van der Waals surface area contributed by atoms with Crippen LogP contribution in [0.1, 0.15) is 19.4 Å². The van der Waals surface area contributed by atoms with Gasteiger partial charge in [0, 0.05) is 6.04 Å². The summed E-state index contributed by atoms with van der Waals surface area (Å²) in [6.07, 6.45) is 0. The van der Waals surface area contributed by atoms with Gasteiger partial charge in [-0.05, 0) is 31.5 Å². The third-order valence-electron chi connectivity index (χ3n) is 2.45. The van der Waals surface area contributed by atoms with Gasteiger partial charge in [0.15, 0.2) is 0 Å². The molecule has 5 heteroatoms. The summed E-state index contributed by atoms with van der Waals surface area (Å²) in [5, 5.41) is 9.51. The molecular formula is C12H17ClN2O2. The van der Waals surface area contributed by atoms with Crippen molar-refractivity contribution in [2.75, 3.05) is 11.4 Å². The molecule has 1 aromatic rings. The van der Waals surface area contributed by atoms with Gasteiger partial charge in [-0.25, -0.2) is 0 Å². The number of nitrogens with zero attached hydrogens (tertiary/aromatic N) is 1. The molecule has 1 aromatic carbocycles. The van der Waals surface area contributed by atoms with E-state index < -0.39 is 5.91 Å². The smallest absolute Gasteiger partial charge is 0.236 e. The topological polar surface area (TPSA) is 66.6 Å². The van der Waals surface area contributed by atoms with Crippen molar-refractivity contribution < 1.29 is 9.90 Å². The number of rotatable bonds is 5. The molecule has 0 aliphatic heterocycles. The molecule has 0 fully saturated rings. The highest BCUT2D eigenvalue weighted by Crippen LogP contribution is 2.28. The van der Waals surface area contributed by atoms with Crippen molar-refractivity contribution in [3.63, 3.8) is 0 Å². The first-order valence-corrected chi connectivity index (χ1v) is 5.77. The van der Waals surface area contributed by atoms with Gasteiger partial charge in [-0.3, -0.25) is 4.79 Å². The van der Waals surface area contributed by atoms with Crippen molar-refractivity contribution in [1.29, 1.82) is 0 Å². The number of benzene rings is 1. The first kappa shape index (κ1) is 13.8. The van der Waals surface area contributed by atoms with Crippen LogP contribution >= 0.6 is 11.6 Å². The van der Waals surface area contributed by atoms with Gasteiger partial charge in [-0.2, -0.15) is 0 Å². The number of nitrogens with two attached hydrogens (primary N) is 1. The minimum atomic E-state index is -0.402. The first-order chi connectivity index (χ1) is 7.95. The van der Waals surface area contributed by atoms with Gasteiger partial charge in [-0.15, -0.1) is 0 Å². The van der Waals surface area contributed by atoms with E-state index in [1.807, 2.05) is 18.7 Å². The van der Waals surface area contributed by atoms with Crippen molar-refractivity contribution in [3.8, 4) is 0 Å². The van der Waals surface area contributed by atoms with E-state index in [0.717, 1.165) is 11.3 Å². The summed E-state index contributed by atoms with van der Waals surface area (Å²) in [4.78, 5) is 12.8. The van der Waals surface area contributed by atoms with Gasteiger partial charge in [0.2, 0.25) is 5.91 Å². The fourth-order valence-corrected chi connectivity index (χ4v) is 1.91. The number of hydrogen-bond donors (Lipinski definition) is 2. The lowest BCUT2D eigenvalue weighted by atomic mass is 10.1. The highest BCUT2D eigenvalue weighted by atomic mass is 35.5. The molecule has 0 aliphatic rings. The maximum atomic E-state index is 11.0. The van der Waals surface area contributed by atoms with Gasteiger partial charge in [0.25, 0.3) is 0 Å². The summed E-state index contributed by atoms with van der Waals surface area (Å²) in [5.41, 5.74) is 6.70. The van der Waals surface area contributed by atoms with Crippen molar-refractivity contribution in [1.82, 2.24) is 0 Å². The Hall–Kier alpha value is -1.26. The predicted molar refractivity (Wildman–Crippen MR) is 69.1 cm³/mol. The summed E-state index contributed by atoms with van der Waals surface area (Å²) < 4.78 is 0. The Morgan fingerprint density at radius 2 is 2.18 bits per heavy atom. The zero-order valence-electron chi connectivity index (χ0n) is 9.98. The number of hydrogen-bond acceptors (Lipinski definition) is 3. The monoisotopic (exact) mass is 256 g/mol. The maximum Gasteiger partial charge on any atom is 0.236 e. The van der Waals surface area contributed by atoms with E-state index in [-0.39, 0.29) is 19.2 Å². The van der Waals surface area contributed by atoms with Crippen LogP contribution in [0.3, 0.4) is 0 Å². The minimum absolute atomic E-state index is 0.0580. The molecule has 0 spiro atoms. The van der Waals surface area contributed by atoms with E-state index in [1.165, 1.54) is 0 Å². The largest absolute Gasteiger partial charge is 0.392 e. The van der Waals surface area contributed by atoms with E-state index in [0.29, 0.717) is 5.02 Å². The second-order valence-electron chi connectivity index (χ2n) is 4.13. The van der Waals surface area contributed by atoms with Crippen LogP contribution in [-0.2, 0) is 11.4 Å². The molecule has 0 saturated heterocycles.